The number of rotatable bonds is 2. The van der Waals surface area contributed by atoms with E-state index >= 15 is 0 Å². The molecule has 64 valence electrons. The summed E-state index contributed by atoms with van der Waals surface area (Å²) in [5.74, 6) is 0. The average molecular weight is 298 g/mol. The summed E-state index contributed by atoms with van der Waals surface area (Å²) >= 11 is 7.98. The number of hydrogen-bond donors (Lipinski definition) is 0. The van der Waals surface area contributed by atoms with Crippen molar-refractivity contribution in [1.82, 2.24) is 0 Å². The zero-order chi connectivity index (χ0) is 7.90. The maximum atomic E-state index is 3.99. The third-order valence-electron chi connectivity index (χ3n) is 3.30. The SMILES string of the molecule is Br[Si](Br)(C1CCC1)C1CCC1. The minimum Gasteiger partial charge on any atom is -0.110 e. The minimum absolute atomic E-state index is 1.05. The van der Waals surface area contributed by atoms with Crippen LogP contribution < -0.4 is 0 Å². The summed E-state index contributed by atoms with van der Waals surface area (Å²) in [4.78, 5) is 0. The molecule has 0 saturated heterocycles. The van der Waals surface area contributed by atoms with Crippen molar-refractivity contribution in [2.75, 3.05) is 0 Å². The van der Waals surface area contributed by atoms with Crippen LogP contribution in [0.5, 0.6) is 0 Å². The van der Waals surface area contributed by atoms with E-state index in [1.165, 1.54) is 38.5 Å². The van der Waals surface area contributed by atoms with Crippen molar-refractivity contribution in [3.05, 3.63) is 0 Å². The molecular formula is C8H14Br2Si. The molecule has 0 atom stereocenters. The lowest BCUT2D eigenvalue weighted by atomic mass is 9.98. The van der Waals surface area contributed by atoms with Crippen LogP contribution in [0.1, 0.15) is 38.5 Å². The third-order valence-corrected chi connectivity index (χ3v) is 14.4. The van der Waals surface area contributed by atoms with E-state index in [0.717, 1.165) is 11.1 Å². The molecule has 0 spiro atoms. The molecule has 0 aromatic heterocycles. The van der Waals surface area contributed by atoms with Gasteiger partial charge >= 0.3 is 0 Å². The molecule has 0 amide bonds. The van der Waals surface area contributed by atoms with Gasteiger partial charge in [0.2, 0.25) is 5.31 Å². The van der Waals surface area contributed by atoms with Gasteiger partial charge in [0.1, 0.15) is 0 Å². The molecular weight excluding hydrogens is 284 g/mol. The molecule has 0 aromatic carbocycles. The van der Waals surface area contributed by atoms with E-state index in [1.807, 2.05) is 0 Å². The highest BCUT2D eigenvalue weighted by atomic mass is 79.9. The van der Waals surface area contributed by atoms with Crippen molar-refractivity contribution in [1.29, 1.82) is 0 Å². The monoisotopic (exact) mass is 296 g/mol. The predicted molar refractivity (Wildman–Crippen MR) is 58.8 cm³/mol. The fourth-order valence-corrected chi connectivity index (χ4v) is 10.4. The summed E-state index contributed by atoms with van der Waals surface area (Å²) in [5, 5.41) is -1.11. The van der Waals surface area contributed by atoms with Crippen LogP contribution in [0.3, 0.4) is 0 Å². The van der Waals surface area contributed by atoms with E-state index in [0.29, 0.717) is 0 Å². The summed E-state index contributed by atoms with van der Waals surface area (Å²) in [6, 6.07) is 0. The molecule has 0 unspecified atom stereocenters. The van der Waals surface area contributed by atoms with Gasteiger partial charge in [0.05, 0.1) is 0 Å². The maximum absolute atomic E-state index is 3.99. The lowest BCUT2D eigenvalue weighted by Crippen LogP contribution is -2.38. The Bertz CT molecular complexity index is 134. The quantitative estimate of drug-likeness (QED) is 0.526. The number of hydrogen-bond acceptors (Lipinski definition) is 0. The average Bonchev–Trinajstić information content (AvgIpc) is 1.46. The highest BCUT2D eigenvalue weighted by Gasteiger charge is 2.48. The van der Waals surface area contributed by atoms with Crippen LogP contribution in [0.25, 0.3) is 0 Å². The first kappa shape index (κ1) is 8.76. The molecule has 2 saturated carbocycles. The van der Waals surface area contributed by atoms with Gasteiger partial charge in [-0.2, -0.15) is 0 Å². The van der Waals surface area contributed by atoms with E-state index in [-0.39, 0.29) is 0 Å². The Hall–Kier alpha value is 1.18. The Kier molecular flexibility index (Phi) is 2.51. The van der Waals surface area contributed by atoms with Crippen LogP contribution in [-0.2, 0) is 0 Å². The van der Waals surface area contributed by atoms with Gasteiger partial charge in [-0.05, 0) is 11.1 Å². The number of halogens is 2. The van der Waals surface area contributed by atoms with Crippen LogP contribution in [-0.4, -0.2) is 5.31 Å². The smallest absolute Gasteiger partial charge is 0.110 e. The lowest BCUT2D eigenvalue weighted by molar-refractivity contribution is 0.450. The van der Waals surface area contributed by atoms with Gasteiger partial charge in [-0.15, -0.1) is 30.6 Å². The van der Waals surface area contributed by atoms with Crippen molar-refractivity contribution >= 4 is 35.9 Å². The van der Waals surface area contributed by atoms with Crippen molar-refractivity contribution in [3.8, 4) is 0 Å². The second-order valence-electron chi connectivity index (χ2n) is 3.93. The molecule has 0 aliphatic heterocycles. The van der Waals surface area contributed by atoms with Crippen LogP contribution in [0.4, 0.5) is 0 Å². The lowest BCUT2D eigenvalue weighted by Gasteiger charge is -2.44. The Morgan fingerprint density at radius 3 is 1.36 bits per heavy atom. The Morgan fingerprint density at radius 1 is 0.818 bits per heavy atom. The Morgan fingerprint density at radius 2 is 1.18 bits per heavy atom. The van der Waals surface area contributed by atoms with E-state index < -0.39 is 5.31 Å². The zero-order valence-electron chi connectivity index (χ0n) is 6.65. The normalized spacial score (nSPS) is 27.8. The third kappa shape index (κ3) is 1.48. The molecule has 0 N–H and O–H groups in total. The standard InChI is InChI=1S/C8H14Br2Si/c9-11(10,7-3-1-4-7)8-5-2-6-8/h7-8H,1-6H2. The summed E-state index contributed by atoms with van der Waals surface area (Å²) in [7, 11) is 0. The summed E-state index contributed by atoms with van der Waals surface area (Å²) < 4.78 is 0. The predicted octanol–water partition coefficient (Wildman–Crippen LogP) is 4.33. The highest BCUT2D eigenvalue weighted by Crippen LogP contribution is 2.58. The van der Waals surface area contributed by atoms with E-state index in [1.54, 1.807) is 0 Å². The molecule has 0 radical (unpaired) electrons. The molecule has 0 bridgehead atoms. The van der Waals surface area contributed by atoms with Gasteiger partial charge in [0.25, 0.3) is 0 Å². The second kappa shape index (κ2) is 3.15. The zero-order valence-corrected chi connectivity index (χ0v) is 10.8. The van der Waals surface area contributed by atoms with Gasteiger partial charge in [0, 0.05) is 0 Å². The molecule has 11 heavy (non-hydrogen) atoms. The Labute approximate surface area is 85.3 Å². The van der Waals surface area contributed by atoms with Crippen molar-refractivity contribution in [3.63, 3.8) is 0 Å². The molecule has 2 fully saturated rings. The van der Waals surface area contributed by atoms with E-state index in [2.05, 4.69) is 30.6 Å². The topological polar surface area (TPSA) is 0 Å². The van der Waals surface area contributed by atoms with Crippen LogP contribution in [0.15, 0.2) is 0 Å². The summed E-state index contributed by atoms with van der Waals surface area (Å²) in [6.45, 7) is 0. The van der Waals surface area contributed by atoms with Gasteiger partial charge in [-0.1, -0.05) is 38.5 Å². The van der Waals surface area contributed by atoms with Gasteiger partial charge < -0.3 is 0 Å². The second-order valence-corrected chi connectivity index (χ2v) is 18.0. The first-order chi connectivity index (χ1) is 5.21. The van der Waals surface area contributed by atoms with Gasteiger partial charge in [-0.3, -0.25) is 0 Å². The fourth-order valence-electron chi connectivity index (χ4n) is 1.92. The van der Waals surface area contributed by atoms with Crippen LogP contribution >= 0.6 is 30.6 Å². The molecule has 3 heteroatoms. The molecule has 0 heterocycles. The first-order valence-corrected chi connectivity index (χ1v) is 11.3. The van der Waals surface area contributed by atoms with E-state index in [4.69, 9.17) is 0 Å². The van der Waals surface area contributed by atoms with Gasteiger partial charge in [-0.25, -0.2) is 0 Å². The molecule has 0 nitrogen and oxygen atoms in total. The minimum atomic E-state index is -1.11. The van der Waals surface area contributed by atoms with Crippen LogP contribution in [0.2, 0.25) is 11.1 Å². The van der Waals surface area contributed by atoms with Crippen molar-refractivity contribution < 1.29 is 0 Å². The summed E-state index contributed by atoms with van der Waals surface area (Å²) in [5.41, 5.74) is 2.10. The molecule has 2 rings (SSSR count). The van der Waals surface area contributed by atoms with Crippen molar-refractivity contribution in [2.24, 2.45) is 0 Å². The molecule has 2 aliphatic carbocycles. The Balaban J connectivity index is 1.95. The first-order valence-electron chi connectivity index (χ1n) is 4.59. The molecule has 2 aliphatic rings. The maximum Gasteiger partial charge on any atom is 0.207 e. The summed E-state index contributed by atoms with van der Waals surface area (Å²) in [6.07, 6.45) is 8.89. The van der Waals surface area contributed by atoms with Crippen molar-refractivity contribution in [2.45, 2.75) is 49.6 Å². The largest absolute Gasteiger partial charge is 0.207 e. The van der Waals surface area contributed by atoms with Gasteiger partial charge in [0.15, 0.2) is 0 Å². The van der Waals surface area contributed by atoms with E-state index in [9.17, 15) is 0 Å². The fraction of sp³-hybridized carbons (Fsp3) is 1.00. The van der Waals surface area contributed by atoms with Crippen LogP contribution in [0, 0.1) is 0 Å². The molecule has 0 aromatic rings. The highest BCUT2D eigenvalue weighted by molar-refractivity contribution is 9.51.